The van der Waals surface area contributed by atoms with Gasteiger partial charge in [-0.15, -0.1) is 5.10 Å². The van der Waals surface area contributed by atoms with Crippen LogP contribution in [0.3, 0.4) is 0 Å². The van der Waals surface area contributed by atoms with E-state index < -0.39 is 0 Å². The molecule has 0 aromatic carbocycles. The quantitative estimate of drug-likeness (QED) is 0.612. The van der Waals surface area contributed by atoms with E-state index in [1.807, 2.05) is 4.68 Å². The summed E-state index contributed by atoms with van der Waals surface area (Å²) in [5, 5.41) is 7.65. The van der Waals surface area contributed by atoms with E-state index >= 15 is 0 Å². The van der Waals surface area contributed by atoms with E-state index in [1.54, 1.807) is 6.20 Å². The van der Waals surface area contributed by atoms with Gasteiger partial charge in [-0.05, 0) is 19.3 Å². The third-order valence-electron chi connectivity index (χ3n) is 2.35. The smallest absolute Gasteiger partial charge is 0.165 e. The molecule has 5 heteroatoms. The molecule has 1 aromatic rings. The highest BCUT2D eigenvalue weighted by Gasteiger charge is 2.23. The molecule has 1 heterocycles. The second kappa shape index (κ2) is 2.75. The molecule has 0 bridgehead atoms. The third kappa shape index (κ3) is 1.27. The van der Waals surface area contributed by atoms with Gasteiger partial charge < -0.3 is 11.5 Å². The summed E-state index contributed by atoms with van der Waals surface area (Å²) in [5.74, 6) is 0.482. The van der Waals surface area contributed by atoms with Crippen molar-refractivity contribution in [1.29, 1.82) is 0 Å². The Labute approximate surface area is 70.7 Å². The van der Waals surface area contributed by atoms with Crippen molar-refractivity contribution in [3.05, 3.63) is 6.20 Å². The first-order chi connectivity index (χ1) is 5.75. The molecule has 0 radical (unpaired) electrons. The zero-order valence-corrected chi connectivity index (χ0v) is 6.85. The number of anilines is 1. The van der Waals surface area contributed by atoms with Crippen molar-refractivity contribution in [2.24, 2.45) is 5.73 Å². The first-order valence-electron chi connectivity index (χ1n) is 4.18. The zero-order chi connectivity index (χ0) is 8.55. The largest absolute Gasteiger partial charge is 0.381 e. The van der Waals surface area contributed by atoms with E-state index in [1.165, 1.54) is 0 Å². The van der Waals surface area contributed by atoms with Crippen molar-refractivity contribution < 1.29 is 0 Å². The van der Waals surface area contributed by atoms with Crippen LogP contribution in [0.25, 0.3) is 0 Å². The first-order valence-corrected chi connectivity index (χ1v) is 4.18. The molecular formula is C7H13N5. The van der Waals surface area contributed by atoms with E-state index in [4.69, 9.17) is 11.5 Å². The fraction of sp³-hybridized carbons (Fsp3) is 0.714. The molecule has 1 saturated carbocycles. The number of hydrogen-bond donors (Lipinski definition) is 2. The number of nitrogens with two attached hydrogens (primary N) is 2. The fourth-order valence-electron chi connectivity index (χ4n) is 1.70. The Morgan fingerprint density at radius 1 is 1.50 bits per heavy atom. The van der Waals surface area contributed by atoms with E-state index in [0.29, 0.717) is 17.9 Å². The van der Waals surface area contributed by atoms with Crippen LogP contribution in [0.5, 0.6) is 0 Å². The predicted octanol–water partition coefficient (Wildman–Crippen LogP) is -0.0874. The molecule has 0 aliphatic heterocycles. The van der Waals surface area contributed by atoms with Crippen LogP contribution < -0.4 is 11.5 Å². The highest BCUT2D eigenvalue weighted by Crippen LogP contribution is 2.27. The van der Waals surface area contributed by atoms with Gasteiger partial charge in [0.05, 0.1) is 12.2 Å². The number of hydrogen-bond acceptors (Lipinski definition) is 4. The Bertz CT molecular complexity index is 269. The Morgan fingerprint density at radius 3 is 2.83 bits per heavy atom. The first kappa shape index (κ1) is 7.54. The van der Waals surface area contributed by atoms with Crippen LogP contribution in [0.1, 0.15) is 25.3 Å². The zero-order valence-electron chi connectivity index (χ0n) is 6.85. The number of rotatable bonds is 1. The Morgan fingerprint density at radius 2 is 2.33 bits per heavy atom. The average Bonchev–Trinajstić information content (AvgIpc) is 2.58. The van der Waals surface area contributed by atoms with Crippen LogP contribution in [0.15, 0.2) is 6.20 Å². The lowest BCUT2D eigenvalue weighted by Gasteiger charge is -2.07. The summed E-state index contributed by atoms with van der Waals surface area (Å²) in [6, 6.07) is 0.727. The van der Waals surface area contributed by atoms with E-state index in [-0.39, 0.29) is 0 Å². The second-order valence-electron chi connectivity index (χ2n) is 3.35. The number of aromatic nitrogens is 3. The van der Waals surface area contributed by atoms with Gasteiger partial charge in [0, 0.05) is 6.04 Å². The van der Waals surface area contributed by atoms with Gasteiger partial charge in [0.15, 0.2) is 5.82 Å². The van der Waals surface area contributed by atoms with E-state index in [0.717, 1.165) is 19.3 Å². The van der Waals surface area contributed by atoms with Crippen molar-refractivity contribution in [3.8, 4) is 0 Å². The molecule has 12 heavy (non-hydrogen) atoms. The maximum Gasteiger partial charge on any atom is 0.165 e. The van der Waals surface area contributed by atoms with E-state index in [2.05, 4.69) is 10.3 Å². The minimum Gasteiger partial charge on any atom is -0.381 e. The van der Waals surface area contributed by atoms with Crippen LogP contribution in [0.2, 0.25) is 0 Å². The van der Waals surface area contributed by atoms with Gasteiger partial charge in [-0.2, -0.15) is 0 Å². The van der Waals surface area contributed by atoms with Crippen LogP contribution >= 0.6 is 0 Å². The van der Waals surface area contributed by atoms with Gasteiger partial charge in [-0.25, -0.2) is 4.68 Å². The lowest BCUT2D eigenvalue weighted by molar-refractivity contribution is 0.448. The molecule has 2 rings (SSSR count). The molecule has 2 unspecified atom stereocenters. The Kier molecular flexibility index (Phi) is 1.73. The maximum absolute atomic E-state index is 5.78. The van der Waals surface area contributed by atoms with Gasteiger partial charge in [-0.3, -0.25) is 0 Å². The van der Waals surface area contributed by atoms with Gasteiger partial charge in [0.1, 0.15) is 0 Å². The van der Waals surface area contributed by atoms with Crippen molar-refractivity contribution in [3.63, 3.8) is 0 Å². The maximum atomic E-state index is 5.78. The Balaban J connectivity index is 2.11. The normalized spacial score (nSPS) is 29.4. The molecule has 1 aromatic heterocycles. The summed E-state index contributed by atoms with van der Waals surface area (Å²) in [6.45, 7) is 0. The summed E-state index contributed by atoms with van der Waals surface area (Å²) in [4.78, 5) is 0. The molecule has 0 spiro atoms. The summed E-state index contributed by atoms with van der Waals surface area (Å²) >= 11 is 0. The molecule has 1 fully saturated rings. The minimum absolute atomic E-state index is 0.320. The molecule has 1 aliphatic rings. The van der Waals surface area contributed by atoms with E-state index in [9.17, 15) is 0 Å². The number of nitrogens with zero attached hydrogens (tertiary/aromatic N) is 3. The van der Waals surface area contributed by atoms with Crippen LogP contribution in [0, 0.1) is 0 Å². The lowest BCUT2D eigenvalue weighted by Crippen LogP contribution is -2.16. The summed E-state index contributed by atoms with van der Waals surface area (Å²) in [6.07, 6.45) is 4.92. The van der Waals surface area contributed by atoms with Crippen LogP contribution in [-0.2, 0) is 0 Å². The Hall–Kier alpha value is -1.10. The second-order valence-corrected chi connectivity index (χ2v) is 3.35. The number of nitrogen functional groups attached to an aromatic ring is 1. The average molecular weight is 167 g/mol. The molecule has 5 nitrogen and oxygen atoms in total. The van der Waals surface area contributed by atoms with Crippen molar-refractivity contribution >= 4 is 5.82 Å². The summed E-state index contributed by atoms with van der Waals surface area (Å²) in [5.41, 5.74) is 11.2. The third-order valence-corrected chi connectivity index (χ3v) is 2.35. The van der Waals surface area contributed by atoms with Gasteiger partial charge in [-0.1, -0.05) is 5.21 Å². The minimum atomic E-state index is 0.320. The molecule has 0 saturated heterocycles. The van der Waals surface area contributed by atoms with Gasteiger partial charge >= 0.3 is 0 Å². The lowest BCUT2D eigenvalue weighted by atomic mass is 10.2. The fourth-order valence-corrected chi connectivity index (χ4v) is 1.70. The summed E-state index contributed by atoms with van der Waals surface area (Å²) in [7, 11) is 0. The van der Waals surface area contributed by atoms with Crippen LogP contribution in [-0.4, -0.2) is 21.0 Å². The van der Waals surface area contributed by atoms with Crippen molar-refractivity contribution in [2.45, 2.75) is 31.3 Å². The predicted molar refractivity (Wildman–Crippen MR) is 45.3 cm³/mol. The molecule has 0 amide bonds. The van der Waals surface area contributed by atoms with Crippen molar-refractivity contribution in [1.82, 2.24) is 15.0 Å². The molecule has 66 valence electrons. The highest BCUT2D eigenvalue weighted by atomic mass is 15.4. The monoisotopic (exact) mass is 167 g/mol. The molecule has 4 N–H and O–H groups in total. The SMILES string of the molecule is Nc1cn(C2CCC(N)C2)nn1. The van der Waals surface area contributed by atoms with Gasteiger partial charge in [0.2, 0.25) is 0 Å². The van der Waals surface area contributed by atoms with Crippen LogP contribution in [0.4, 0.5) is 5.82 Å². The molecule has 1 aliphatic carbocycles. The molecule has 2 atom stereocenters. The summed E-state index contributed by atoms with van der Waals surface area (Å²) < 4.78 is 1.82. The van der Waals surface area contributed by atoms with Crippen molar-refractivity contribution in [2.75, 3.05) is 5.73 Å². The van der Waals surface area contributed by atoms with Gasteiger partial charge in [0.25, 0.3) is 0 Å². The standard InChI is InChI=1S/C7H13N5/c8-5-1-2-6(3-5)12-4-7(9)10-11-12/h4-6H,1-3,8-9H2. The topological polar surface area (TPSA) is 82.8 Å². The molecular weight excluding hydrogens is 154 g/mol. The highest BCUT2D eigenvalue weighted by molar-refractivity contribution is 5.20.